The molecule has 0 aliphatic heterocycles. The van der Waals surface area contributed by atoms with E-state index in [1.165, 1.54) is 141 Å². The average molecular weight is 885 g/mol. The highest BCUT2D eigenvalue weighted by molar-refractivity contribution is 6.01. The van der Waals surface area contributed by atoms with Crippen molar-refractivity contribution >= 4 is 17.3 Å². The summed E-state index contributed by atoms with van der Waals surface area (Å²) in [4.78, 5) is 40.2. The first-order chi connectivity index (χ1) is 30.8. The molecule has 2 atom stereocenters. The highest BCUT2D eigenvalue weighted by Crippen LogP contribution is 2.26. The van der Waals surface area contributed by atoms with Crippen molar-refractivity contribution in [3.05, 3.63) is 36.5 Å². The molecular weight excluding hydrogens is 781 g/mol. The van der Waals surface area contributed by atoms with Gasteiger partial charge in [-0.05, 0) is 51.4 Å². The normalized spacial score (nSPS) is 14.0. The molecule has 0 saturated carbocycles. The van der Waals surface area contributed by atoms with Crippen LogP contribution in [0.5, 0.6) is 0 Å². The molecule has 6 nitrogen and oxygen atoms in total. The third-order valence-electron chi connectivity index (χ3n) is 13.0. The second-order valence-electron chi connectivity index (χ2n) is 19.0. The Morgan fingerprint density at radius 3 is 0.968 bits per heavy atom. The van der Waals surface area contributed by atoms with E-state index in [2.05, 4.69) is 57.2 Å². The van der Waals surface area contributed by atoms with Gasteiger partial charge in [-0.1, -0.05) is 256 Å². The molecule has 6 heteroatoms. The van der Waals surface area contributed by atoms with Gasteiger partial charge in [0.1, 0.15) is 0 Å². The number of allylic oxidation sites excluding steroid dienone is 6. The van der Waals surface area contributed by atoms with Gasteiger partial charge >= 0.3 is 0 Å². The summed E-state index contributed by atoms with van der Waals surface area (Å²) in [5.74, 6) is -2.15. The van der Waals surface area contributed by atoms with Crippen LogP contribution in [-0.4, -0.2) is 50.5 Å². The Hall–Kier alpha value is -1.89. The van der Waals surface area contributed by atoms with E-state index in [9.17, 15) is 29.7 Å². The largest absolute Gasteiger partial charge is 0.382 e. The lowest BCUT2D eigenvalue weighted by Crippen LogP contribution is -2.63. The lowest BCUT2D eigenvalue weighted by molar-refractivity contribution is -0.181. The van der Waals surface area contributed by atoms with Crippen molar-refractivity contribution in [3.8, 4) is 0 Å². The minimum atomic E-state index is -2.81. The van der Waals surface area contributed by atoms with Gasteiger partial charge in [-0.25, -0.2) is 0 Å². The topological polar surface area (TPSA) is 112 Å². The second kappa shape index (κ2) is 46.6. The number of unbranched alkanes of at least 4 members (excludes halogenated alkanes) is 33. The van der Waals surface area contributed by atoms with Gasteiger partial charge in [-0.3, -0.25) is 14.4 Å². The van der Waals surface area contributed by atoms with Gasteiger partial charge in [0.15, 0.2) is 35.2 Å². The molecule has 0 fully saturated rings. The second-order valence-corrected chi connectivity index (χ2v) is 19.0. The molecule has 0 saturated heterocycles. The summed E-state index contributed by atoms with van der Waals surface area (Å²) in [5, 5.41) is 34.2. The smallest absolute Gasteiger partial charge is 0.189 e. The van der Waals surface area contributed by atoms with E-state index in [4.69, 9.17) is 0 Å². The van der Waals surface area contributed by atoms with Crippen LogP contribution in [0, 0.1) is 0 Å². The van der Waals surface area contributed by atoms with Crippen molar-refractivity contribution < 1.29 is 29.7 Å². The zero-order valence-corrected chi connectivity index (χ0v) is 41.9. The molecule has 0 spiro atoms. The fourth-order valence-corrected chi connectivity index (χ4v) is 8.66. The van der Waals surface area contributed by atoms with Gasteiger partial charge in [-0.2, -0.15) is 0 Å². The molecule has 0 radical (unpaired) electrons. The Kier molecular flexibility index (Phi) is 45.2. The molecule has 368 valence electrons. The number of hydrogen-bond donors (Lipinski definition) is 3. The summed E-state index contributed by atoms with van der Waals surface area (Å²) in [6.07, 6.45) is 52.9. The molecule has 3 N–H and O–H groups in total. The third-order valence-corrected chi connectivity index (χ3v) is 13.0. The molecule has 0 aromatic carbocycles. The molecule has 0 heterocycles. The Morgan fingerprint density at radius 2 is 0.635 bits per heavy atom. The highest BCUT2D eigenvalue weighted by Gasteiger charge is 2.53. The van der Waals surface area contributed by atoms with Crippen molar-refractivity contribution in [2.75, 3.05) is 0 Å². The van der Waals surface area contributed by atoms with Crippen molar-refractivity contribution in [2.45, 2.75) is 308 Å². The van der Waals surface area contributed by atoms with E-state index >= 15 is 0 Å². The Morgan fingerprint density at radius 1 is 0.365 bits per heavy atom. The van der Waals surface area contributed by atoms with Crippen LogP contribution >= 0.6 is 0 Å². The standard InChI is InChI=1S/C57H104O6/c1-4-7-10-13-16-19-22-25-28-31-34-37-40-43-46-49-52(58)55(61)57(63,54(60)51-48-45-42-39-36-33-30-27-24-21-18-15-12-9-6-3)56(62)53(59)50-47-44-41-38-35-32-29-26-23-20-17-14-11-8-5-2/h9,12,18,21,27,30,55-56,61-63H,4-8,10-11,13-17,19-20,22-26,28-29,31-51H2,1-3H3/b12-9-,21-18-,30-27-. The zero-order chi connectivity index (χ0) is 46.3. The van der Waals surface area contributed by atoms with Crippen LogP contribution in [0.25, 0.3) is 0 Å². The third kappa shape index (κ3) is 36.0. The maximum Gasteiger partial charge on any atom is 0.189 e. The molecule has 0 aromatic heterocycles. The van der Waals surface area contributed by atoms with Crippen LogP contribution in [0.2, 0.25) is 0 Å². The number of Topliss-reactive ketones (excluding diaryl/α,β-unsaturated/α-hetero) is 3. The summed E-state index contributed by atoms with van der Waals surface area (Å²) < 4.78 is 0. The predicted octanol–water partition coefficient (Wildman–Crippen LogP) is 16.3. The lowest BCUT2D eigenvalue weighted by Gasteiger charge is -2.34. The quantitative estimate of drug-likeness (QED) is 0.0414. The average Bonchev–Trinajstić information content (AvgIpc) is 3.29. The van der Waals surface area contributed by atoms with Crippen LogP contribution in [0.1, 0.15) is 290 Å². The molecule has 63 heavy (non-hydrogen) atoms. The Balaban J connectivity index is 4.79. The van der Waals surface area contributed by atoms with Crippen LogP contribution in [-0.2, 0) is 14.4 Å². The first-order valence-electron chi connectivity index (χ1n) is 27.4. The first kappa shape index (κ1) is 61.1. The van der Waals surface area contributed by atoms with Crippen LogP contribution < -0.4 is 0 Å². The summed E-state index contributed by atoms with van der Waals surface area (Å²) >= 11 is 0. The van der Waals surface area contributed by atoms with Gasteiger partial charge in [0, 0.05) is 19.3 Å². The number of ketones is 3. The maximum absolute atomic E-state index is 13.6. The Labute approximate surface area is 390 Å². The molecule has 0 rings (SSSR count). The van der Waals surface area contributed by atoms with Crippen molar-refractivity contribution in [2.24, 2.45) is 0 Å². The minimum Gasteiger partial charge on any atom is -0.382 e. The lowest BCUT2D eigenvalue weighted by atomic mass is 9.78. The van der Waals surface area contributed by atoms with Gasteiger partial charge < -0.3 is 15.3 Å². The number of rotatable bonds is 50. The van der Waals surface area contributed by atoms with Crippen molar-refractivity contribution in [1.82, 2.24) is 0 Å². The molecule has 2 unspecified atom stereocenters. The molecule has 0 aromatic rings. The van der Waals surface area contributed by atoms with E-state index in [0.717, 1.165) is 89.9 Å². The Bertz CT molecular complexity index is 1070. The fraction of sp³-hybridized carbons (Fsp3) is 0.842. The molecule has 0 bridgehead atoms. The summed E-state index contributed by atoms with van der Waals surface area (Å²) in [6, 6.07) is 0. The van der Waals surface area contributed by atoms with E-state index < -0.39 is 35.2 Å². The van der Waals surface area contributed by atoms with Gasteiger partial charge in [0.05, 0.1) is 0 Å². The molecule has 0 amide bonds. The van der Waals surface area contributed by atoms with Gasteiger partial charge in [0.2, 0.25) is 0 Å². The van der Waals surface area contributed by atoms with Crippen molar-refractivity contribution in [1.29, 1.82) is 0 Å². The van der Waals surface area contributed by atoms with E-state index in [1.54, 1.807) is 0 Å². The molecular formula is C57H104O6. The molecule has 0 aliphatic carbocycles. The van der Waals surface area contributed by atoms with Crippen LogP contribution in [0.3, 0.4) is 0 Å². The number of aliphatic hydroxyl groups excluding tert-OH is 2. The SMILES string of the molecule is CC/C=C\C/C=C\C/C=C\CCCCCCCC(=O)C(O)(C(O)C(=O)CCCCCCCCCCCCCCCCC)C(O)C(=O)CCCCCCCCCCCCCCCCC. The molecule has 0 aliphatic rings. The minimum absolute atomic E-state index is 0.00993. The van der Waals surface area contributed by atoms with Gasteiger partial charge in [0.25, 0.3) is 0 Å². The predicted molar refractivity (Wildman–Crippen MR) is 270 cm³/mol. The zero-order valence-electron chi connectivity index (χ0n) is 41.9. The number of hydrogen-bond acceptors (Lipinski definition) is 6. The van der Waals surface area contributed by atoms with E-state index in [-0.39, 0.29) is 19.3 Å². The van der Waals surface area contributed by atoms with E-state index in [0.29, 0.717) is 19.3 Å². The van der Waals surface area contributed by atoms with Crippen LogP contribution in [0.4, 0.5) is 0 Å². The maximum atomic E-state index is 13.6. The number of aliphatic hydroxyl groups is 3. The number of carbonyl (C=O) groups excluding carboxylic acids is 3. The van der Waals surface area contributed by atoms with Crippen LogP contribution in [0.15, 0.2) is 36.5 Å². The summed E-state index contributed by atoms with van der Waals surface area (Å²) in [5.41, 5.74) is -2.81. The van der Waals surface area contributed by atoms with E-state index in [1.807, 2.05) is 0 Å². The number of carbonyl (C=O) groups is 3. The fourth-order valence-electron chi connectivity index (χ4n) is 8.66. The summed E-state index contributed by atoms with van der Waals surface area (Å²) in [7, 11) is 0. The first-order valence-corrected chi connectivity index (χ1v) is 27.4. The highest BCUT2D eigenvalue weighted by atomic mass is 16.4. The monoisotopic (exact) mass is 885 g/mol. The summed E-state index contributed by atoms with van der Waals surface area (Å²) in [6.45, 7) is 6.65. The van der Waals surface area contributed by atoms with Crippen molar-refractivity contribution in [3.63, 3.8) is 0 Å². The van der Waals surface area contributed by atoms with Gasteiger partial charge in [-0.15, -0.1) is 0 Å².